The molecule has 0 spiro atoms. The van der Waals surface area contributed by atoms with Gasteiger partial charge in [0.2, 0.25) is 0 Å². The molecule has 0 radical (unpaired) electrons. The van der Waals surface area contributed by atoms with Crippen LogP contribution < -0.4 is 4.72 Å². The second-order valence-electron chi connectivity index (χ2n) is 4.32. The van der Waals surface area contributed by atoms with Gasteiger partial charge in [0, 0.05) is 0 Å². The molecule has 2 rings (SSSR count). The first-order valence-corrected chi connectivity index (χ1v) is 7.68. The summed E-state index contributed by atoms with van der Waals surface area (Å²) in [6.45, 7) is 1.63. The molecule has 2 aromatic rings. The predicted octanol–water partition coefficient (Wildman–Crippen LogP) is 3.46. The molecule has 0 atom stereocenters. The van der Waals surface area contributed by atoms with Crippen molar-refractivity contribution in [1.29, 1.82) is 5.26 Å². The van der Waals surface area contributed by atoms with Gasteiger partial charge in [0.1, 0.15) is 5.82 Å². The Morgan fingerprint density at radius 1 is 1.24 bits per heavy atom. The first-order chi connectivity index (χ1) is 9.83. The SMILES string of the molecule is Cc1cc(S(=O)(=O)Nc2cc(F)ccc2Cl)ccc1C#N. The van der Waals surface area contributed by atoms with E-state index in [1.807, 2.05) is 6.07 Å². The van der Waals surface area contributed by atoms with Crippen LogP contribution >= 0.6 is 11.6 Å². The Labute approximate surface area is 126 Å². The van der Waals surface area contributed by atoms with Gasteiger partial charge in [-0.05, 0) is 48.9 Å². The van der Waals surface area contributed by atoms with Gasteiger partial charge in [-0.2, -0.15) is 5.26 Å². The van der Waals surface area contributed by atoms with Crippen LogP contribution in [-0.4, -0.2) is 8.42 Å². The number of rotatable bonds is 3. The molecular weight excluding hydrogens is 315 g/mol. The number of hydrogen-bond donors (Lipinski definition) is 1. The van der Waals surface area contributed by atoms with Gasteiger partial charge >= 0.3 is 0 Å². The minimum absolute atomic E-state index is 0.0284. The van der Waals surface area contributed by atoms with Crippen LogP contribution in [-0.2, 0) is 10.0 Å². The fraction of sp³-hybridized carbons (Fsp3) is 0.0714. The van der Waals surface area contributed by atoms with Gasteiger partial charge in [-0.25, -0.2) is 12.8 Å². The first kappa shape index (κ1) is 15.3. The topological polar surface area (TPSA) is 70.0 Å². The number of sulfonamides is 1. The Bertz CT molecular complexity index is 845. The third kappa shape index (κ3) is 3.32. The van der Waals surface area contributed by atoms with Crippen LogP contribution in [0.15, 0.2) is 41.3 Å². The average Bonchev–Trinajstić information content (AvgIpc) is 2.42. The summed E-state index contributed by atoms with van der Waals surface area (Å²) in [5.74, 6) is -0.604. The Hall–Kier alpha value is -2.10. The maximum absolute atomic E-state index is 13.2. The van der Waals surface area contributed by atoms with Crippen molar-refractivity contribution in [2.24, 2.45) is 0 Å². The molecule has 0 amide bonds. The zero-order valence-corrected chi connectivity index (χ0v) is 12.5. The largest absolute Gasteiger partial charge is 0.278 e. The quantitative estimate of drug-likeness (QED) is 0.940. The number of anilines is 1. The lowest BCUT2D eigenvalue weighted by Crippen LogP contribution is -2.13. The van der Waals surface area contributed by atoms with Crippen molar-refractivity contribution < 1.29 is 12.8 Å². The van der Waals surface area contributed by atoms with Crippen molar-refractivity contribution in [2.45, 2.75) is 11.8 Å². The zero-order valence-electron chi connectivity index (χ0n) is 10.9. The van der Waals surface area contributed by atoms with Crippen LogP contribution in [0.1, 0.15) is 11.1 Å². The summed E-state index contributed by atoms with van der Waals surface area (Å²) in [5.41, 5.74) is 0.877. The van der Waals surface area contributed by atoms with E-state index >= 15 is 0 Å². The highest BCUT2D eigenvalue weighted by atomic mass is 35.5. The Morgan fingerprint density at radius 3 is 2.57 bits per heavy atom. The van der Waals surface area contributed by atoms with Crippen LogP contribution in [0.2, 0.25) is 5.02 Å². The number of benzene rings is 2. The molecule has 21 heavy (non-hydrogen) atoms. The van der Waals surface area contributed by atoms with E-state index in [-0.39, 0.29) is 15.6 Å². The molecule has 108 valence electrons. The summed E-state index contributed by atoms with van der Waals surface area (Å²) in [7, 11) is -3.91. The van der Waals surface area contributed by atoms with Crippen LogP contribution in [0.3, 0.4) is 0 Å². The lowest BCUT2D eigenvalue weighted by Gasteiger charge is -2.10. The van der Waals surface area contributed by atoms with Crippen LogP contribution in [0.4, 0.5) is 10.1 Å². The summed E-state index contributed by atoms with van der Waals surface area (Å²) >= 11 is 5.83. The zero-order chi connectivity index (χ0) is 15.6. The number of aryl methyl sites for hydroxylation is 1. The molecule has 0 saturated carbocycles. The molecule has 0 fully saturated rings. The highest BCUT2D eigenvalue weighted by Gasteiger charge is 2.17. The fourth-order valence-electron chi connectivity index (χ4n) is 1.71. The van der Waals surface area contributed by atoms with E-state index in [0.717, 1.165) is 12.1 Å². The van der Waals surface area contributed by atoms with Gasteiger partial charge in [-0.3, -0.25) is 4.72 Å². The van der Waals surface area contributed by atoms with E-state index < -0.39 is 15.8 Å². The number of nitrogens with one attached hydrogen (secondary N) is 1. The molecule has 0 aliphatic heterocycles. The summed E-state index contributed by atoms with van der Waals surface area (Å²) < 4.78 is 39.9. The van der Waals surface area contributed by atoms with Crippen molar-refractivity contribution >= 4 is 27.3 Å². The van der Waals surface area contributed by atoms with Crippen LogP contribution in [0.25, 0.3) is 0 Å². The Balaban J connectivity index is 2.41. The highest BCUT2D eigenvalue weighted by Crippen LogP contribution is 2.26. The molecule has 0 bridgehead atoms. The van der Waals surface area contributed by atoms with E-state index in [1.165, 1.54) is 24.3 Å². The van der Waals surface area contributed by atoms with Gasteiger partial charge in [-0.15, -0.1) is 0 Å². The number of halogens is 2. The maximum atomic E-state index is 13.2. The molecule has 0 heterocycles. The van der Waals surface area contributed by atoms with Crippen molar-refractivity contribution in [3.8, 4) is 6.07 Å². The average molecular weight is 325 g/mol. The fourth-order valence-corrected chi connectivity index (χ4v) is 3.08. The highest BCUT2D eigenvalue weighted by molar-refractivity contribution is 7.92. The summed E-state index contributed by atoms with van der Waals surface area (Å²) in [4.78, 5) is -0.0284. The third-order valence-electron chi connectivity index (χ3n) is 2.80. The molecule has 0 unspecified atom stereocenters. The second-order valence-corrected chi connectivity index (χ2v) is 6.41. The van der Waals surface area contributed by atoms with Gasteiger partial charge in [0.15, 0.2) is 0 Å². The Morgan fingerprint density at radius 2 is 1.95 bits per heavy atom. The normalized spacial score (nSPS) is 11.0. The van der Waals surface area contributed by atoms with Gasteiger partial charge in [0.25, 0.3) is 10.0 Å². The molecular formula is C14H10ClFN2O2S. The molecule has 0 aliphatic rings. The van der Waals surface area contributed by atoms with E-state index in [2.05, 4.69) is 4.72 Å². The van der Waals surface area contributed by atoms with Gasteiger partial charge in [0.05, 0.1) is 27.2 Å². The van der Waals surface area contributed by atoms with E-state index in [4.69, 9.17) is 16.9 Å². The summed E-state index contributed by atoms with van der Waals surface area (Å²) in [5, 5.41) is 8.93. The molecule has 2 aromatic carbocycles. The second kappa shape index (κ2) is 5.72. The van der Waals surface area contributed by atoms with Crippen molar-refractivity contribution in [3.05, 3.63) is 58.4 Å². The smallest absolute Gasteiger partial charge is 0.261 e. The lowest BCUT2D eigenvalue weighted by atomic mass is 10.1. The lowest BCUT2D eigenvalue weighted by molar-refractivity contribution is 0.601. The minimum atomic E-state index is -3.91. The molecule has 0 aromatic heterocycles. The van der Waals surface area contributed by atoms with Crippen molar-refractivity contribution in [2.75, 3.05) is 4.72 Å². The molecule has 0 aliphatic carbocycles. The van der Waals surface area contributed by atoms with Crippen LogP contribution in [0.5, 0.6) is 0 Å². The van der Waals surface area contributed by atoms with E-state index in [0.29, 0.717) is 11.1 Å². The van der Waals surface area contributed by atoms with Gasteiger partial charge < -0.3 is 0 Å². The first-order valence-electron chi connectivity index (χ1n) is 5.82. The van der Waals surface area contributed by atoms with Crippen LogP contribution in [0, 0.1) is 24.1 Å². The summed E-state index contributed by atoms with van der Waals surface area (Å²) in [6.07, 6.45) is 0. The standard InChI is InChI=1S/C14H10ClFN2O2S/c1-9-6-12(4-2-10(9)8-17)21(19,20)18-14-7-11(16)3-5-13(14)15/h2-7,18H,1H3. The maximum Gasteiger partial charge on any atom is 0.261 e. The Kier molecular flexibility index (Phi) is 4.16. The van der Waals surface area contributed by atoms with Crippen molar-refractivity contribution in [1.82, 2.24) is 0 Å². The summed E-state index contributed by atoms with van der Waals surface area (Å²) in [6, 6.07) is 9.43. The number of hydrogen-bond acceptors (Lipinski definition) is 3. The number of nitriles is 1. The molecule has 0 saturated heterocycles. The third-order valence-corrected chi connectivity index (χ3v) is 4.49. The van der Waals surface area contributed by atoms with E-state index in [9.17, 15) is 12.8 Å². The van der Waals surface area contributed by atoms with Gasteiger partial charge in [-0.1, -0.05) is 11.6 Å². The van der Waals surface area contributed by atoms with Crippen molar-refractivity contribution in [3.63, 3.8) is 0 Å². The number of nitrogens with zero attached hydrogens (tertiary/aromatic N) is 1. The molecule has 7 heteroatoms. The monoisotopic (exact) mass is 324 g/mol. The minimum Gasteiger partial charge on any atom is -0.278 e. The van der Waals surface area contributed by atoms with E-state index in [1.54, 1.807) is 6.92 Å². The predicted molar refractivity (Wildman–Crippen MR) is 78.1 cm³/mol. The molecule has 4 nitrogen and oxygen atoms in total. The molecule has 1 N–H and O–H groups in total.